The van der Waals surface area contributed by atoms with Crippen LogP contribution in [0.15, 0.2) is 30.6 Å². The van der Waals surface area contributed by atoms with Crippen molar-refractivity contribution in [3.05, 3.63) is 42.0 Å². The molecule has 5 nitrogen and oxygen atoms in total. The molecular formula is C16H25N5. The molecule has 0 spiro atoms. The summed E-state index contributed by atoms with van der Waals surface area (Å²) in [5.41, 5.74) is 2.62. The molecule has 0 bridgehead atoms. The van der Waals surface area contributed by atoms with E-state index in [0.29, 0.717) is 0 Å². The summed E-state index contributed by atoms with van der Waals surface area (Å²) in [7, 11) is 0. The minimum atomic E-state index is 0.912. The molecule has 21 heavy (non-hydrogen) atoms. The number of nitrogens with zero attached hydrogens (tertiary/aromatic N) is 3. The Balaban J connectivity index is 1.68. The van der Waals surface area contributed by atoms with Gasteiger partial charge < -0.3 is 10.2 Å². The fourth-order valence-electron chi connectivity index (χ4n) is 2.38. The van der Waals surface area contributed by atoms with Gasteiger partial charge in [0.25, 0.3) is 0 Å². The zero-order valence-electron chi connectivity index (χ0n) is 13.0. The Hall–Kier alpha value is -1.88. The van der Waals surface area contributed by atoms with Crippen molar-refractivity contribution in [3.63, 3.8) is 0 Å². The third-order valence-electron chi connectivity index (χ3n) is 3.63. The van der Waals surface area contributed by atoms with Crippen LogP contribution in [0.5, 0.6) is 0 Å². The van der Waals surface area contributed by atoms with E-state index in [1.807, 2.05) is 0 Å². The van der Waals surface area contributed by atoms with Crippen LogP contribution in [0, 0.1) is 0 Å². The van der Waals surface area contributed by atoms with Gasteiger partial charge in [0.05, 0.1) is 0 Å². The Morgan fingerprint density at radius 3 is 2.52 bits per heavy atom. The molecule has 2 rings (SSSR count). The first-order valence-corrected chi connectivity index (χ1v) is 7.72. The number of aryl methyl sites for hydroxylation is 1. The predicted molar refractivity (Wildman–Crippen MR) is 86.4 cm³/mol. The third kappa shape index (κ3) is 4.86. The maximum absolute atomic E-state index is 4.12. The van der Waals surface area contributed by atoms with Gasteiger partial charge in [-0.15, -0.1) is 0 Å². The van der Waals surface area contributed by atoms with E-state index >= 15 is 0 Å². The standard InChI is InChI=1S/C16H25N5/c1-3-21(4-2)15-9-7-14(8-10-15)12-17-11-5-6-16-18-13-19-20-16/h7-10,13,17H,3-6,11-12H2,1-2H3,(H,18,19,20). The number of anilines is 1. The Bertz CT molecular complexity index is 488. The molecule has 1 aromatic heterocycles. The van der Waals surface area contributed by atoms with Gasteiger partial charge in [-0.05, 0) is 44.5 Å². The van der Waals surface area contributed by atoms with Gasteiger partial charge in [0.1, 0.15) is 12.2 Å². The second-order valence-electron chi connectivity index (χ2n) is 5.05. The molecule has 5 heteroatoms. The van der Waals surface area contributed by atoms with Crippen molar-refractivity contribution in [2.75, 3.05) is 24.5 Å². The summed E-state index contributed by atoms with van der Waals surface area (Å²) in [4.78, 5) is 6.47. The smallest absolute Gasteiger partial charge is 0.137 e. The van der Waals surface area contributed by atoms with Crippen molar-refractivity contribution in [2.45, 2.75) is 33.2 Å². The van der Waals surface area contributed by atoms with E-state index in [1.165, 1.54) is 11.3 Å². The van der Waals surface area contributed by atoms with Crippen LogP contribution in [-0.4, -0.2) is 34.8 Å². The summed E-state index contributed by atoms with van der Waals surface area (Å²) >= 11 is 0. The highest BCUT2D eigenvalue weighted by molar-refractivity contribution is 5.47. The van der Waals surface area contributed by atoms with Crippen LogP contribution in [0.3, 0.4) is 0 Å². The average Bonchev–Trinajstić information content (AvgIpc) is 3.03. The van der Waals surface area contributed by atoms with Gasteiger partial charge in [0.15, 0.2) is 0 Å². The quantitative estimate of drug-likeness (QED) is 0.695. The van der Waals surface area contributed by atoms with Gasteiger partial charge in [-0.1, -0.05) is 12.1 Å². The molecule has 1 aromatic carbocycles. The van der Waals surface area contributed by atoms with Crippen molar-refractivity contribution in [1.29, 1.82) is 0 Å². The number of hydrogen-bond donors (Lipinski definition) is 2. The van der Waals surface area contributed by atoms with Crippen LogP contribution >= 0.6 is 0 Å². The molecule has 0 saturated heterocycles. The van der Waals surface area contributed by atoms with Crippen LogP contribution in [0.2, 0.25) is 0 Å². The van der Waals surface area contributed by atoms with E-state index in [-0.39, 0.29) is 0 Å². The van der Waals surface area contributed by atoms with Crippen LogP contribution in [0.1, 0.15) is 31.7 Å². The number of aromatic amines is 1. The first-order chi connectivity index (χ1) is 10.3. The van der Waals surface area contributed by atoms with Crippen molar-refractivity contribution in [1.82, 2.24) is 20.5 Å². The van der Waals surface area contributed by atoms with Crippen LogP contribution < -0.4 is 10.2 Å². The monoisotopic (exact) mass is 287 g/mol. The second-order valence-corrected chi connectivity index (χ2v) is 5.05. The van der Waals surface area contributed by atoms with E-state index in [0.717, 1.165) is 44.8 Å². The number of aromatic nitrogens is 3. The van der Waals surface area contributed by atoms with E-state index < -0.39 is 0 Å². The summed E-state index contributed by atoms with van der Waals surface area (Å²) in [6, 6.07) is 8.82. The van der Waals surface area contributed by atoms with Crippen LogP contribution in [0.4, 0.5) is 5.69 Å². The fraction of sp³-hybridized carbons (Fsp3) is 0.500. The lowest BCUT2D eigenvalue weighted by Crippen LogP contribution is -2.21. The molecule has 0 saturated carbocycles. The molecule has 0 fully saturated rings. The van der Waals surface area contributed by atoms with E-state index in [1.54, 1.807) is 6.33 Å². The van der Waals surface area contributed by atoms with Gasteiger partial charge >= 0.3 is 0 Å². The fourth-order valence-corrected chi connectivity index (χ4v) is 2.38. The average molecular weight is 287 g/mol. The third-order valence-corrected chi connectivity index (χ3v) is 3.63. The first kappa shape index (κ1) is 15.5. The largest absolute Gasteiger partial charge is 0.372 e. The van der Waals surface area contributed by atoms with E-state index in [2.05, 4.69) is 63.5 Å². The number of nitrogens with one attached hydrogen (secondary N) is 2. The molecule has 2 aromatic rings. The van der Waals surface area contributed by atoms with Gasteiger partial charge in [-0.2, -0.15) is 5.10 Å². The van der Waals surface area contributed by atoms with Crippen molar-refractivity contribution < 1.29 is 0 Å². The minimum Gasteiger partial charge on any atom is -0.372 e. The number of benzene rings is 1. The SMILES string of the molecule is CCN(CC)c1ccc(CNCCCc2ncn[nH]2)cc1. The Kier molecular flexibility index (Phi) is 6.22. The Morgan fingerprint density at radius 1 is 1.14 bits per heavy atom. The second kappa shape index (κ2) is 8.42. The van der Waals surface area contributed by atoms with Crippen molar-refractivity contribution in [3.8, 4) is 0 Å². The molecule has 2 N–H and O–H groups in total. The van der Waals surface area contributed by atoms with Gasteiger partial charge in [-0.3, -0.25) is 5.10 Å². The summed E-state index contributed by atoms with van der Waals surface area (Å²) in [6.07, 6.45) is 3.56. The van der Waals surface area contributed by atoms with E-state index in [9.17, 15) is 0 Å². The topological polar surface area (TPSA) is 56.8 Å². The molecule has 0 aliphatic heterocycles. The molecular weight excluding hydrogens is 262 g/mol. The summed E-state index contributed by atoms with van der Waals surface area (Å²) in [6.45, 7) is 8.37. The zero-order chi connectivity index (χ0) is 14.9. The lowest BCUT2D eigenvalue weighted by molar-refractivity contribution is 0.639. The summed E-state index contributed by atoms with van der Waals surface area (Å²) in [5, 5.41) is 10.2. The Morgan fingerprint density at radius 2 is 1.90 bits per heavy atom. The molecule has 0 atom stereocenters. The lowest BCUT2D eigenvalue weighted by Gasteiger charge is -2.21. The first-order valence-electron chi connectivity index (χ1n) is 7.72. The summed E-state index contributed by atoms with van der Waals surface area (Å²) in [5.74, 6) is 0.959. The normalized spacial score (nSPS) is 10.8. The highest BCUT2D eigenvalue weighted by atomic mass is 15.2. The zero-order valence-corrected chi connectivity index (χ0v) is 13.0. The number of hydrogen-bond acceptors (Lipinski definition) is 4. The molecule has 0 radical (unpaired) electrons. The maximum Gasteiger partial charge on any atom is 0.137 e. The van der Waals surface area contributed by atoms with Crippen LogP contribution in [-0.2, 0) is 13.0 Å². The molecule has 0 aliphatic carbocycles. The minimum absolute atomic E-state index is 0.912. The maximum atomic E-state index is 4.12. The molecule has 0 aliphatic rings. The Labute approximate surface area is 126 Å². The van der Waals surface area contributed by atoms with Crippen molar-refractivity contribution in [2.24, 2.45) is 0 Å². The van der Waals surface area contributed by atoms with Gasteiger partial charge in [0, 0.05) is 31.7 Å². The highest BCUT2D eigenvalue weighted by Gasteiger charge is 2.01. The number of rotatable bonds is 9. The van der Waals surface area contributed by atoms with Crippen molar-refractivity contribution >= 4 is 5.69 Å². The van der Waals surface area contributed by atoms with Gasteiger partial charge in [0.2, 0.25) is 0 Å². The molecule has 0 unspecified atom stereocenters. The molecule has 1 heterocycles. The number of H-pyrrole nitrogens is 1. The predicted octanol–water partition coefficient (Wildman–Crippen LogP) is 2.37. The van der Waals surface area contributed by atoms with E-state index in [4.69, 9.17) is 0 Å². The van der Waals surface area contributed by atoms with Gasteiger partial charge in [-0.25, -0.2) is 4.98 Å². The lowest BCUT2D eigenvalue weighted by atomic mass is 10.2. The summed E-state index contributed by atoms with van der Waals surface area (Å²) < 4.78 is 0. The molecule has 0 amide bonds. The highest BCUT2D eigenvalue weighted by Crippen LogP contribution is 2.14. The molecule has 114 valence electrons. The van der Waals surface area contributed by atoms with Crippen LogP contribution in [0.25, 0.3) is 0 Å².